The topological polar surface area (TPSA) is 53.6 Å². The zero-order chi connectivity index (χ0) is 12.3. The monoisotopic (exact) mass is 230 g/mol. The van der Waals surface area contributed by atoms with Crippen molar-refractivity contribution in [2.24, 2.45) is 7.05 Å². The Morgan fingerprint density at radius 3 is 2.94 bits per heavy atom. The van der Waals surface area contributed by atoms with Crippen molar-refractivity contribution in [3.05, 3.63) is 47.5 Å². The van der Waals surface area contributed by atoms with E-state index in [4.69, 9.17) is 5.26 Å². The third kappa shape index (κ3) is 2.61. The summed E-state index contributed by atoms with van der Waals surface area (Å²) >= 11 is 0. The number of halogens is 1. The normalized spacial score (nSPS) is 9.94. The van der Waals surface area contributed by atoms with E-state index in [1.807, 2.05) is 25.4 Å². The minimum atomic E-state index is -0.412. The lowest BCUT2D eigenvalue weighted by Crippen LogP contribution is -2.03. The van der Waals surface area contributed by atoms with Crippen LogP contribution in [0.25, 0.3) is 0 Å². The second kappa shape index (κ2) is 4.66. The molecule has 0 saturated heterocycles. The molecule has 2 rings (SSSR count). The number of nitriles is 1. The molecule has 4 nitrogen and oxygen atoms in total. The van der Waals surface area contributed by atoms with Crippen molar-refractivity contribution >= 4 is 5.69 Å². The van der Waals surface area contributed by atoms with E-state index in [1.54, 1.807) is 10.7 Å². The van der Waals surface area contributed by atoms with Gasteiger partial charge < -0.3 is 5.32 Å². The van der Waals surface area contributed by atoms with Crippen molar-refractivity contribution in [2.75, 3.05) is 5.32 Å². The Bertz CT molecular complexity index is 568. The average Bonchev–Trinajstić information content (AvgIpc) is 2.73. The van der Waals surface area contributed by atoms with E-state index >= 15 is 0 Å². The van der Waals surface area contributed by atoms with Gasteiger partial charge in [0, 0.05) is 13.2 Å². The fourth-order valence-corrected chi connectivity index (χ4v) is 1.51. The summed E-state index contributed by atoms with van der Waals surface area (Å²) < 4.78 is 14.6. The van der Waals surface area contributed by atoms with Crippen molar-refractivity contribution in [1.82, 2.24) is 9.78 Å². The molecule has 0 saturated carbocycles. The quantitative estimate of drug-likeness (QED) is 0.877. The summed E-state index contributed by atoms with van der Waals surface area (Å²) in [5.41, 5.74) is 1.76. The van der Waals surface area contributed by atoms with Crippen LogP contribution in [0.3, 0.4) is 0 Å². The van der Waals surface area contributed by atoms with Gasteiger partial charge in [-0.15, -0.1) is 0 Å². The summed E-state index contributed by atoms with van der Waals surface area (Å²) in [4.78, 5) is 0. The molecule has 0 unspecified atom stereocenters. The van der Waals surface area contributed by atoms with Gasteiger partial charge in [-0.2, -0.15) is 10.4 Å². The molecule has 0 atom stereocenters. The highest BCUT2D eigenvalue weighted by molar-refractivity contribution is 5.57. The molecule has 5 heteroatoms. The first-order valence-corrected chi connectivity index (χ1v) is 5.11. The Labute approximate surface area is 98.3 Å². The highest BCUT2D eigenvalue weighted by Crippen LogP contribution is 2.16. The number of benzene rings is 1. The van der Waals surface area contributed by atoms with Crippen LogP contribution < -0.4 is 5.32 Å². The Balaban J connectivity index is 2.12. The maximum atomic E-state index is 12.9. The molecular weight excluding hydrogens is 219 g/mol. The molecule has 1 heterocycles. The number of aromatic nitrogens is 2. The summed E-state index contributed by atoms with van der Waals surface area (Å²) in [6.07, 6.45) is 1.84. The third-order valence-corrected chi connectivity index (χ3v) is 2.33. The molecular formula is C12H11FN4. The second-order valence-corrected chi connectivity index (χ2v) is 3.64. The van der Waals surface area contributed by atoms with Gasteiger partial charge in [-0.05, 0) is 24.3 Å². The van der Waals surface area contributed by atoms with Crippen LogP contribution in [0.15, 0.2) is 30.5 Å². The van der Waals surface area contributed by atoms with E-state index < -0.39 is 5.82 Å². The van der Waals surface area contributed by atoms with Crippen molar-refractivity contribution in [2.45, 2.75) is 6.54 Å². The van der Waals surface area contributed by atoms with Gasteiger partial charge in [-0.25, -0.2) is 4.39 Å². The van der Waals surface area contributed by atoms with Crippen LogP contribution in [-0.4, -0.2) is 9.78 Å². The molecule has 0 radical (unpaired) electrons. The van der Waals surface area contributed by atoms with Gasteiger partial charge in [0.25, 0.3) is 0 Å². The Kier molecular flexibility index (Phi) is 3.06. The molecule has 0 aliphatic rings. The van der Waals surface area contributed by atoms with Crippen molar-refractivity contribution in [1.29, 1.82) is 5.26 Å². The number of hydrogen-bond donors (Lipinski definition) is 1. The van der Waals surface area contributed by atoms with Gasteiger partial charge in [0.1, 0.15) is 11.9 Å². The van der Waals surface area contributed by atoms with Crippen LogP contribution in [0.5, 0.6) is 0 Å². The van der Waals surface area contributed by atoms with E-state index in [0.29, 0.717) is 17.8 Å². The lowest BCUT2D eigenvalue weighted by atomic mass is 10.2. The summed E-state index contributed by atoms with van der Waals surface area (Å²) in [5, 5.41) is 16.1. The third-order valence-electron chi connectivity index (χ3n) is 2.33. The lowest BCUT2D eigenvalue weighted by molar-refractivity contribution is 0.627. The van der Waals surface area contributed by atoms with Gasteiger partial charge >= 0.3 is 0 Å². The maximum absolute atomic E-state index is 12.9. The first-order valence-electron chi connectivity index (χ1n) is 5.11. The number of anilines is 1. The Morgan fingerprint density at radius 2 is 2.29 bits per heavy atom. The molecule has 0 amide bonds. The van der Waals surface area contributed by atoms with Crippen molar-refractivity contribution in [3.8, 4) is 6.07 Å². The van der Waals surface area contributed by atoms with Gasteiger partial charge in [0.05, 0.1) is 23.5 Å². The van der Waals surface area contributed by atoms with Gasteiger partial charge in [0.15, 0.2) is 0 Å². The van der Waals surface area contributed by atoms with Gasteiger partial charge in [-0.1, -0.05) is 0 Å². The van der Waals surface area contributed by atoms with Crippen molar-refractivity contribution in [3.63, 3.8) is 0 Å². The molecule has 0 aliphatic carbocycles. The van der Waals surface area contributed by atoms with E-state index in [-0.39, 0.29) is 0 Å². The van der Waals surface area contributed by atoms with Crippen LogP contribution in [-0.2, 0) is 13.6 Å². The first kappa shape index (κ1) is 11.1. The zero-order valence-corrected chi connectivity index (χ0v) is 9.31. The number of nitrogens with one attached hydrogen (secondary N) is 1. The molecule has 0 fully saturated rings. The predicted octanol–water partition coefficient (Wildman–Crippen LogP) is 2.04. The summed E-state index contributed by atoms with van der Waals surface area (Å²) in [6, 6.07) is 7.91. The predicted molar refractivity (Wildman–Crippen MR) is 61.6 cm³/mol. The molecule has 1 N–H and O–H groups in total. The number of hydrogen-bond acceptors (Lipinski definition) is 3. The zero-order valence-electron chi connectivity index (χ0n) is 9.31. The fraction of sp³-hybridized carbons (Fsp3) is 0.167. The molecule has 0 spiro atoms. The van der Waals surface area contributed by atoms with Gasteiger partial charge in [-0.3, -0.25) is 4.68 Å². The molecule has 1 aromatic carbocycles. The highest BCUT2D eigenvalue weighted by Gasteiger charge is 2.04. The maximum Gasteiger partial charge on any atom is 0.124 e. The highest BCUT2D eigenvalue weighted by atomic mass is 19.1. The SMILES string of the molecule is Cn1ccc(CNc2ccc(F)cc2C#N)n1. The van der Waals surface area contributed by atoms with Crippen LogP contribution >= 0.6 is 0 Å². The summed E-state index contributed by atoms with van der Waals surface area (Å²) in [5.74, 6) is -0.412. The number of aryl methyl sites for hydroxylation is 1. The largest absolute Gasteiger partial charge is 0.378 e. The van der Waals surface area contributed by atoms with E-state index in [2.05, 4.69) is 10.4 Å². The number of rotatable bonds is 3. The van der Waals surface area contributed by atoms with Crippen molar-refractivity contribution < 1.29 is 4.39 Å². The summed E-state index contributed by atoms with van der Waals surface area (Å²) in [7, 11) is 1.84. The minimum absolute atomic E-state index is 0.293. The fourth-order valence-electron chi connectivity index (χ4n) is 1.51. The average molecular weight is 230 g/mol. The molecule has 2 aromatic rings. The molecule has 0 aliphatic heterocycles. The molecule has 86 valence electrons. The first-order chi connectivity index (χ1) is 8.19. The van der Waals surface area contributed by atoms with Crippen LogP contribution in [0, 0.1) is 17.1 Å². The van der Waals surface area contributed by atoms with E-state index in [0.717, 1.165) is 5.69 Å². The Morgan fingerprint density at radius 1 is 1.47 bits per heavy atom. The smallest absolute Gasteiger partial charge is 0.124 e. The second-order valence-electron chi connectivity index (χ2n) is 3.64. The van der Waals surface area contributed by atoms with Gasteiger partial charge in [0.2, 0.25) is 0 Å². The van der Waals surface area contributed by atoms with E-state index in [9.17, 15) is 4.39 Å². The van der Waals surface area contributed by atoms with E-state index in [1.165, 1.54) is 12.1 Å². The molecule has 1 aromatic heterocycles. The molecule has 17 heavy (non-hydrogen) atoms. The number of nitrogens with zero attached hydrogens (tertiary/aromatic N) is 3. The summed E-state index contributed by atoms with van der Waals surface area (Å²) in [6.45, 7) is 0.501. The standard InChI is InChI=1S/C12H11FN4/c1-17-5-4-11(16-17)8-15-12-3-2-10(13)6-9(12)7-14/h2-6,15H,8H2,1H3. The van der Waals surface area contributed by atoms with Crippen LogP contribution in [0.1, 0.15) is 11.3 Å². The lowest BCUT2D eigenvalue weighted by Gasteiger charge is -2.06. The van der Waals surface area contributed by atoms with Crippen LogP contribution in [0.2, 0.25) is 0 Å². The Hall–Kier alpha value is -2.35. The van der Waals surface area contributed by atoms with Crippen LogP contribution in [0.4, 0.5) is 10.1 Å². The molecule has 0 bridgehead atoms. The minimum Gasteiger partial charge on any atom is -0.378 e.